The molecule has 32 heavy (non-hydrogen) atoms. The minimum absolute atomic E-state index is 0.0178. The van der Waals surface area contributed by atoms with E-state index in [4.69, 9.17) is 5.73 Å². The highest BCUT2D eigenvalue weighted by Crippen LogP contribution is 2.30. The summed E-state index contributed by atoms with van der Waals surface area (Å²) >= 11 is 0. The number of primary amides is 1. The van der Waals surface area contributed by atoms with Crippen LogP contribution in [-0.4, -0.2) is 60.2 Å². The molecule has 1 aromatic heterocycles. The lowest BCUT2D eigenvalue weighted by Crippen LogP contribution is -2.44. The topological polar surface area (TPSA) is 99.7 Å². The molecule has 0 radical (unpaired) electrons. The summed E-state index contributed by atoms with van der Waals surface area (Å²) in [4.78, 5) is 28.6. The Hall–Kier alpha value is -3.07. The second kappa shape index (κ2) is 9.60. The van der Waals surface area contributed by atoms with Crippen LogP contribution in [0.5, 0.6) is 0 Å². The SMILES string of the molecule is Cc1cc(Nc2ncc(F)c(N=CC3CC[C@H](C(N)=O)C3)n2)ccc1N1CCN(C)CC1. The van der Waals surface area contributed by atoms with Crippen LogP contribution in [0.2, 0.25) is 0 Å². The Morgan fingerprint density at radius 2 is 2.06 bits per heavy atom. The molecule has 2 aromatic rings. The molecular formula is C23H30FN7O. The van der Waals surface area contributed by atoms with Crippen molar-refractivity contribution in [1.82, 2.24) is 14.9 Å². The van der Waals surface area contributed by atoms with E-state index in [1.54, 1.807) is 6.21 Å². The van der Waals surface area contributed by atoms with E-state index in [1.807, 2.05) is 12.1 Å². The number of carbonyl (C=O) groups is 1. The molecule has 1 aliphatic heterocycles. The number of aromatic nitrogens is 2. The molecule has 1 saturated carbocycles. The van der Waals surface area contributed by atoms with Crippen LogP contribution in [0.15, 0.2) is 29.4 Å². The molecule has 1 aliphatic carbocycles. The maximum absolute atomic E-state index is 14.2. The largest absolute Gasteiger partial charge is 0.369 e. The Morgan fingerprint density at radius 1 is 1.28 bits per heavy atom. The molecule has 0 bridgehead atoms. The molecule has 0 spiro atoms. The molecule has 8 nitrogen and oxygen atoms in total. The number of benzene rings is 1. The number of amides is 1. The van der Waals surface area contributed by atoms with Crippen LogP contribution in [-0.2, 0) is 4.79 Å². The lowest BCUT2D eigenvalue weighted by molar-refractivity contribution is -0.121. The lowest BCUT2D eigenvalue weighted by atomic mass is 10.1. The second-order valence-corrected chi connectivity index (χ2v) is 8.73. The Bertz CT molecular complexity index is 1000. The number of carbonyl (C=O) groups excluding carboxylic acids is 1. The molecule has 9 heteroatoms. The van der Waals surface area contributed by atoms with E-state index in [-0.39, 0.29) is 29.5 Å². The number of anilines is 3. The zero-order chi connectivity index (χ0) is 22.7. The van der Waals surface area contributed by atoms with Crippen LogP contribution in [0.1, 0.15) is 24.8 Å². The van der Waals surface area contributed by atoms with Gasteiger partial charge in [0.15, 0.2) is 11.6 Å². The standard InChI is InChI=1S/C23H30FN7O/c1-15-11-18(5-6-20(15)31-9-7-30(2)8-10-31)28-23-27-14-19(24)22(29-23)26-13-16-3-4-17(12-16)21(25)32/h5-6,11,13-14,16-17H,3-4,7-10,12H2,1-2H3,(H2,25,32)(H,27,28,29)/t16?,17-/m0/s1. The zero-order valence-corrected chi connectivity index (χ0v) is 18.6. The molecule has 2 fully saturated rings. The molecule has 2 atom stereocenters. The number of piperazine rings is 1. The quantitative estimate of drug-likeness (QED) is 0.671. The van der Waals surface area contributed by atoms with Gasteiger partial charge in [-0.2, -0.15) is 4.98 Å². The number of aliphatic imine (C=N–C) groups is 1. The van der Waals surface area contributed by atoms with E-state index >= 15 is 0 Å². The summed E-state index contributed by atoms with van der Waals surface area (Å²) in [6.45, 7) is 6.20. The minimum Gasteiger partial charge on any atom is -0.369 e. The Balaban J connectivity index is 1.43. The third kappa shape index (κ3) is 5.21. The van der Waals surface area contributed by atoms with Crippen molar-refractivity contribution in [3.05, 3.63) is 35.8 Å². The van der Waals surface area contributed by atoms with Crippen LogP contribution < -0.4 is 16.0 Å². The summed E-state index contributed by atoms with van der Waals surface area (Å²) in [7, 11) is 2.14. The monoisotopic (exact) mass is 439 g/mol. The number of nitrogens with one attached hydrogen (secondary N) is 1. The first-order chi connectivity index (χ1) is 15.4. The zero-order valence-electron chi connectivity index (χ0n) is 18.6. The molecule has 2 heterocycles. The molecular weight excluding hydrogens is 409 g/mol. The predicted octanol–water partition coefficient (Wildman–Crippen LogP) is 3.02. The predicted molar refractivity (Wildman–Crippen MR) is 124 cm³/mol. The molecule has 1 amide bonds. The van der Waals surface area contributed by atoms with Crippen LogP contribution in [0.4, 0.5) is 27.5 Å². The number of likely N-dealkylation sites (N-methyl/N-ethyl adjacent to an activating group) is 1. The van der Waals surface area contributed by atoms with Crippen molar-refractivity contribution in [2.24, 2.45) is 22.6 Å². The first-order valence-electron chi connectivity index (χ1n) is 11.1. The van der Waals surface area contributed by atoms with E-state index in [0.29, 0.717) is 6.42 Å². The van der Waals surface area contributed by atoms with Crippen LogP contribution in [0.3, 0.4) is 0 Å². The third-order valence-corrected chi connectivity index (χ3v) is 6.31. The Kier molecular flexibility index (Phi) is 6.64. The third-order valence-electron chi connectivity index (χ3n) is 6.31. The van der Waals surface area contributed by atoms with Gasteiger partial charge in [0, 0.05) is 49.7 Å². The number of rotatable bonds is 6. The fraction of sp³-hybridized carbons (Fsp3) is 0.478. The normalized spacial score (nSPS) is 21.9. The summed E-state index contributed by atoms with van der Waals surface area (Å²) in [6.07, 6.45) is 5.00. The van der Waals surface area contributed by atoms with Gasteiger partial charge in [-0.3, -0.25) is 4.79 Å². The van der Waals surface area contributed by atoms with E-state index in [9.17, 15) is 9.18 Å². The van der Waals surface area contributed by atoms with Gasteiger partial charge in [0.25, 0.3) is 0 Å². The van der Waals surface area contributed by atoms with Gasteiger partial charge in [-0.15, -0.1) is 0 Å². The van der Waals surface area contributed by atoms with Crippen molar-refractivity contribution in [3.63, 3.8) is 0 Å². The van der Waals surface area contributed by atoms with Crippen LogP contribution in [0.25, 0.3) is 0 Å². The first kappa shape index (κ1) is 22.1. The highest BCUT2D eigenvalue weighted by atomic mass is 19.1. The average molecular weight is 440 g/mol. The highest BCUT2D eigenvalue weighted by Gasteiger charge is 2.27. The Labute approximate surface area is 187 Å². The summed E-state index contributed by atoms with van der Waals surface area (Å²) < 4.78 is 14.2. The maximum Gasteiger partial charge on any atom is 0.229 e. The minimum atomic E-state index is -0.585. The van der Waals surface area contributed by atoms with Gasteiger partial charge in [-0.25, -0.2) is 14.4 Å². The van der Waals surface area contributed by atoms with Gasteiger partial charge in [-0.05, 0) is 62.9 Å². The average Bonchev–Trinajstić information content (AvgIpc) is 3.25. The summed E-state index contributed by atoms with van der Waals surface area (Å²) in [5.74, 6) is -0.631. The van der Waals surface area contributed by atoms with Crippen molar-refractivity contribution >= 4 is 35.3 Å². The van der Waals surface area contributed by atoms with Gasteiger partial charge in [0.2, 0.25) is 11.9 Å². The lowest BCUT2D eigenvalue weighted by Gasteiger charge is -2.35. The maximum atomic E-state index is 14.2. The van der Waals surface area contributed by atoms with Gasteiger partial charge in [0.1, 0.15) is 0 Å². The molecule has 3 N–H and O–H groups in total. The second-order valence-electron chi connectivity index (χ2n) is 8.73. The summed E-state index contributed by atoms with van der Waals surface area (Å²) in [5.41, 5.74) is 8.59. The number of nitrogens with two attached hydrogens (primary N) is 1. The van der Waals surface area contributed by atoms with Gasteiger partial charge < -0.3 is 20.9 Å². The molecule has 170 valence electrons. The summed E-state index contributed by atoms with van der Waals surface area (Å²) in [5, 5.41) is 3.15. The number of aryl methyl sites for hydroxylation is 1. The van der Waals surface area contributed by atoms with Crippen molar-refractivity contribution in [2.75, 3.05) is 43.4 Å². The van der Waals surface area contributed by atoms with Crippen molar-refractivity contribution in [2.45, 2.75) is 26.2 Å². The fourth-order valence-electron chi connectivity index (χ4n) is 4.36. The Morgan fingerprint density at radius 3 is 2.75 bits per heavy atom. The number of hydrogen-bond acceptors (Lipinski definition) is 7. The van der Waals surface area contributed by atoms with Gasteiger partial charge in [-0.1, -0.05) is 0 Å². The van der Waals surface area contributed by atoms with E-state index in [2.05, 4.69) is 50.1 Å². The first-order valence-corrected chi connectivity index (χ1v) is 11.1. The molecule has 4 rings (SSSR count). The number of hydrogen-bond donors (Lipinski definition) is 2. The van der Waals surface area contributed by atoms with Gasteiger partial charge >= 0.3 is 0 Å². The summed E-state index contributed by atoms with van der Waals surface area (Å²) in [6, 6.07) is 6.13. The van der Waals surface area contributed by atoms with E-state index in [0.717, 1.165) is 56.5 Å². The highest BCUT2D eigenvalue weighted by molar-refractivity contribution is 5.78. The number of nitrogens with zero attached hydrogens (tertiary/aromatic N) is 5. The van der Waals surface area contributed by atoms with Gasteiger partial charge in [0.05, 0.1) is 6.20 Å². The molecule has 2 aliphatic rings. The van der Waals surface area contributed by atoms with E-state index in [1.165, 1.54) is 5.69 Å². The van der Waals surface area contributed by atoms with E-state index < -0.39 is 5.82 Å². The van der Waals surface area contributed by atoms with Crippen LogP contribution in [0, 0.1) is 24.6 Å². The van der Waals surface area contributed by atoms with Crippen molar-refractivity contribution in [1.29, 1.82) is 0 Å². The molecule has 1 saturated heterocycles. The fourth-order valence-corrected chi connectivity index (χ4v) is 4.36. The smallest absolute Gasteiger partial charge is 0.229 e. The van der Waals surface area contributed by atoms with Crippen LogP contribution >= 0.6 is 0 Å². The van der Waals surface area contributed by atoms with Crippen molar-refractivity contribution in [3.8, 4) is 0 Å². The van der Waals surface area contributed by atoms with Crippen molar-refractivity contribution < 1.29 is 9.18 Å². The molecule has 1 unspecified atom stereocenters. The molecule has 1 aromatic carbocycles. The number of halogens is 1.